The molecule has 17 heavy (non-hydrogen) atoms. The van der Waals surface area contributed by atoms with Crippen LogP contribution in [0.4, 0.5) is 4.79 Å². The zero-order valence-corrected chi connectivity index (χ0v) is 11.7. The van der Waals surface area contributed by atoms with E-state index in [2.05, 4.69) is 18.7 Å². The zero-order valence-electron chi connectivity index (χ0n) is 11.7. The van der Waals surface area contributed by atoms with Gasteiger partial charge in [0.15, 0.2) is 0 Å². The molecular formula is C13H26N2O2. The van der Waals surface area contributed by atoms with Crippen molar-refractivity contribution in [2.24, 2.45) is 0 Å². The minimum absolute atomic E-state index is 0.169. The first-order valence-corrected chi connectivity index (χ1v) is 6.49. The third kappa shape index (κ3) is 3.60. The van der Waals surface area contributed by atoms with Gasteiger partial charge in [-0.15, -0.1) is 0 Å². The third-order valence-electron chi connectivity index (χ3n) is 3.52. The molecule has 0 radical (unpaired) electrons. The molecule has 4 nitrogen and oxygen atoms in total. The largest absolute Gasteiger partial charge is 0.465 e. The number of hydrogen-bond donors (Lipinski definition) is 1. The molecule has 1 aliphatic rings. The summed E-state index contributed by atoms with van der Waals surface area (Å²) in [6.07, 6.45) is 1.10. The maximum atomic E-state index is 11.4. The highest BCUT2D eigenvalue weighted by Crippen LogP contribution is 2.25. The van der Waals surface area contributed by atoms with E-state index in [-0.39, 0.29) is 11.6 Å². The lowest BCUT2D eigenvalue weighted by molar-refractivity contribution is 0.0368. The second-order valence-electron chi connectivity index (χ2n) is 6.18. The van der Waals surface area contributed by atoms with Crippen molar-refractivity contribution in [2.45, 2.75) is 65.1 Å². The Morgan fingerprint density at radius 1 is 1.29 bits per heavy atom. The van der Waals surface area contributed by atoms with Crippen molar-refractivity contribution < 1.29 is 9.90 Å². The second kappa shape index (κ2) is 5.25. The number of amides is 1. The molecule has 1 amide bonds. The minimum atomic E-state index is -0.791. The Balaban J connectivity index is 2.65. The molecule has 0 aromatic heterocycles. The van der Waals surface area contributed by atoms with E-state index in [1.165, 1.54) is 0 Å². The molecule has 0 aliphatic carbocycles. The number of hydrogen-bond acceptors (Lipinski definition) is 2. The Morgan fingerprint density at radius 2 is 1.76 bits per heavy atom. The van der Waals surface area contributed by atoms with Crippen molar-refractivity contribution in [3.8, 4) is 0 Å². The Kier molecular flexibility index (Phi) is 4.42. The first-order chi connectivity index (χ1) is 7.73. The van der Waals surface area contributed by atoms with Gasteiger partial charge in [0, 0.05) is 30.7 Å². The van der Waals surface area contributed by atoms with Crippen LogP contribution in [0.5, 0.6) is 0 Å². The summed E-state index contributed by atoms with van der Waals surface area (Å²) >= 11 is 0. The fourth-order valence-corrected chi connectivity index (χ4v) is 2.65. The van der Waals surface area contributed by atoms with E-state index in [4.69, 9.17) is 0 Å². The number of likely N-dealkylation sites (tertiary alicyclic amines) is 1. The fraction of sp³-hybridized carbons (Fsp3) is 0.923. The Labute approximate surface area is 105 Å². The summed E-state index contributed by atoms with van der Waals surface area (Å²) in [7, 11) is 0. The summed E-state index contributed by atoms with van der Waals surface area (Å²) in [5, 5.41) is 9.35. The molecule has 0 spiro atoms. The van der Waals surface area contributed by atoms with Crippen molar-refractivity contribution in [3.05, 3.63) is 0 Å². The molecule has 1 saturated heterocycles. The van der Waals surface area contributed by atoms with Crippen LogP contribution in [0.2, 0.25) is 0 Å². The lowest BCUT2D eigenvalue weighted by Crippen LogP contribution is -2.55. The van der Waals surface area contributed by atoms with Crippen molar-refractivity contribution in [1.29, 1.82) is 0 Å². The van der Waals surface area contributed by atoms with Crippen molar-refractivity contribution in [1.82, 2.24) is 9.80 Å². The van der Waals surface area contributed by atoms with Crippen LogP contribution in [-0.2, 0) is 0 Å². The number of rotatable bonds is 2. The number of piperidine rings is 1. The lowest BCUT2D eigenvalue weighted by atomic mass is 9.96. The first-order valence-electron chi connectivity index (χ1n) is 6.49. The standard InChI is InChI=1S/C13H26N2O2/c1-10(2)14-8-6-11(7-9-14)15(12(16)17)13(3,4)5/h10-11H,6-9H2,1-5H3,(H,16,17). The summed E-state index contributed by atoms with van der Waals surface area (Å²) < 4.78 is 0. The van der Waals surface area contributed by atoms with Crippen molar-refractivity contribution in [3.63, 3.8) is 0 Å². The normalized spacial score (nSPS) is 19.6. The maximum Gasteiger partial charge on any atom is 0.407 e. The van der Waals surface area contributed by atoms with E-state index < -0.39 is 6.09 Å². The minimum Gasteiger partial charge on any atom is -0.465 e. The van der Waals surface area contributed by atoms with Crippen LogP contribution >= 0.6 is 0 Å². The summed E-state index contributed by atoms with van der Waals surface area (Å²) in [6.45, 7) is 12.3. The summed E-state index contributed by atoms with van der Waals surface area (Å²) in [6, 6.07) is 0.728. The molecular weight excluding hydrogens is 216 g/mol. The van der Waals surface area contributed by atoms with Gasteiger partial charge in [0.05, 0.1) is 0 Å². The molecule has 1 aliphatic heterocycles. The number of nitrogens with zero attached hydrogens (tertiary/aromatic N) is 2. The van der Waals surface area contributed by atoms with E-state index in [0.29, 0.717) is 6.04 Å². The van der Waals surface area contributed by atoms with Crippen LogP contribution in [0.3, 0.4) is 0 Å². The van der Waals surface area contributed by atoms with Gasteiger partial charge in [-0.25, -0.2) is 4.79 Å². The molecule has 0 bridgehead atoms. The second-order valence-corrected chi connectivity index (χ2v) is 6.18. The van der Waals surface area contributed by atoms with Crippen LogP contribution < -0.4 is 0 Å². The van der Waals surface area contributed by atoms with Gasteiger partial charge in [-0.2, -0.15) is 0 Å². The molecule has 1 rings (SSSR count). The summed E-state index contributed by atoms with van der Waals surface area (Å²) in [4.78, 5) is 15.4. The van der Waals surface area contributed by atoms with Gasteiger partial charge in [0.25, 0.3) is 0 Å². The highest BCUT2D eigenvalue weighted by atomic mass is 16.4. The van der Waals surface area contributed by atoms with Crippen molar-refractivity contribution >= 4 is 6.09 Å². The Hall–Kier alpha value is -0.770. The van der Waals surface area contributed by atoms with Crippen molar-refractivity contribution in [2.75, 3.05) is 13.1 Å². The molecule has 1 N–H and O–H groups in total. The van der Waals surface area contributed by atoms with E-state index in [9.17, 15) is 9.90 Å². The quantitative estimate of drug-likeness (QED) is 0.809. The van der Waals surface area contributed by atoms with E-state index in [0.717, 1.165) is 25.9 Å². The highest BCUT2D eigenvalue weighted by molar-refractivity contribution is 5.66. The van der Waals surface area contributed by atoms with Gasteiger partial charge in [-0.1, -0.05) is 0 Å². The van der Waals surface area contributed by atoms with Gasteiger partial charge in [-0.3, -0.25) is 0 Å². The third-order valence-corrected chi connectivity index (χ3v) is 3.52. The first kappa shape index (κ1) is 14.3. The van der Waals surface area contributed by atoms with Crippen LogP contribution in [0, 0.1) is 0 Å². The van der Waals surface area contributed by atoms with Gasteiger partial charge < -0.3 is 14.9 Å². The molecule has 100 valence electrons. The van der Waals surface area contributed by atoms with Crippen LogP contribution in [-0.4, -0.2) is 51.7 Å². The van der Waals surface area contributed by atoms with Crippen LogP contribution in [0.15, 0.2) is 0 Å². The SMILES string of the molecule is CC(C)N1CCC(N(C(=O)O)C(C)(C)C)CC1. The monoisotopic (exact) mass is 242 g/mol. The molecule has 0 saturated carbocycles. The predicted molar refractivity (Wildman–Crippen MR) is 69.3 cm³/mol. The highest BCUT2D eigenvalue weighted by Gasteiger charge is 2.35. The van der Waals surface area contributed by atoms with Crippen LogP contribution in [0.1, 0.15) is 47.5 Å². The zero-order chi connectivity index (χ0) is 13.2. The van der Waals surface area contributed by atoms with Gasteiger partial charge in [0.2, 0.25) is 0 Å². The predicted octanol–water partition coefficient (Wildman–Crippen LogP) is 2.64. The molecule has 4 heteroatoms. The Morgan fingerprint density at radius 3 is 2.06 bits per heavy atom. The lowest BCUT2D eigenvalue weighted by Gasteiger charge is -2.44. The topological polar surface area (TPSA) is 43.8 Å². The average Bonchev–Trinajstić information content (AvgIpc) is 2.15. The molecule has 0 aromatic rings. The molecule has 0 unspecified atom stereocenters. The van der Waals surface area contributed by atoms with E-state index in [1.807, 2.05) is 20.8 Å². The number of carboxylic acid groups (broad SMARTS) is 1. The van der Waals surface area contributed by atoms with E-state index >= 15 is 0 Å². The summed E-state index contributed by atoms with van der Waals surface area (Å²) in [5.74, 6) is 0. The Bertz CT molecular complexity index is 263. The van der Waals surface area contributed by atoms with Gasteiger partial charge >= 0.3 is 6.09 Å². The maximum absolute atomic E-state index is 11.4. The fourth-order valence-electron chi connectivity index (χ4n) is 2.65. The number of carbonyl (C=O) groups is 1. The molecule has 0 atom stereocenters. The van der Waals surface area contributed by atoms with Gasteiger partial charge in [-0.05, 0) is 47.5 Å². The molecule has 1 heterocycles. The summed E-state index contributed by atoms with van der Waals surface area (Å²) in [5.41, 5.74) is -0.309. The average molecular weight is 242 g/mol. The van der Waals surface area contributed by atoms with E-state index in [1.54, 1.807) is 4.90 Å². The molecule has 0 aromatic carbocycles. The smallest absolute Gasteiger partial charge is 0.407 e. The molecule has 1 fully saturated rings. The van der Waals surface area contributed by atoms with Gasteiger partial charge in [0.1, 0.15) is 0 Å². The van der Waals surface area contributed by atoms with Crippen LogP contribution in [0.25, 0.3) is 0 Å².